The summed E-state index contributed by atoms with van der Waals surface area (Å²) in [5.74, 6) is 2.85. The number of benzene rings is 1. The van der Waals surface area contributed by atoms with Crippen molar-refractivity contribution in [2.75, 3.05) is 6.54 Å². The molecule has 2 bridgehead atoms. The fourth-order valence-electron chi connectivity index (χ4n) is 4.40. The topological polar surface area (TPSA) is 57.7 Å². The van der Waals surface area contributed by atoms with E-state index in [-0.39, 0.29) is 38.8 Å². The van der Waals surface area contributed by atoms with Gasteiger partial charge in [-0.2, -0.15) is 4.31 Å². The second-order valence-corrected chi connectivity index (χ2v) is 17.0. The van der Waals surface area contributed by atoms with Crippen LogP contribution >= 0.6 is 23.2 Å². The Morgan fingerprint density at radius 3 is 2.38 bits per heavy atom. The summed E-state index contributed by atoms with van der Waals surface area (Å²) in [6.07, 6.45) is 3.68. The van der Waals surface area contributed by atoms with E-state index in [1.807, 2.05) is 6.92 Å². The van der Waals surface area contributed by atoms with Crippen LogP contribution in [0, 0.1) is 17.4 Å². The van der Waals surface area contributed by atoms with E-state index in [9.17, 15) is 13.2 Å². The lowest BCUT2D eigenvalue weighted by molar-refractivity contribution is -0.136. The Kier molecular flexibility index (Phi) is 7.53. The molecular weight excluding hydrogens is 483 g/mol. The minimum Gasteiger partial charge on any atom is -0.327 e. The van der Waals surface area contributed by atoms with Crippen LogP contribution in [0.25, 0.3) is 0 Å². The predicted octanol–water partition coefficient (Wildman–Crippen LogP) is 4.82. The Balaban J connectivity index is 2.08. The number of carbonyl (C=O) groups is 1. The largest absolute Gasteiger partial charge is 0.327 e. The first-order valence-corrected chi connectivity index (χ1v) is 16.5. The quantitative estimate of drug-likeness (QED) is 0.330. The molecule has 2 saturated heterocycles. The lowest BCUT2D eigenvalue weighted by Gasteiger charge is -2.40. The van der Waals surface area contributed by atoms with Gasteiger partial charge in [-0.25, -0.2) is 8.42 Å². The third-order valence-corrected chi connectivity index (χ3v) is 9.16. The fourth-order valence-corrected chi connectivity index (χ4v) is 7.64. The number of nitrogens with zero attached hydrogens (tertiary/aromatic N) is 2. The minimum absolute atomic E-state index is 0.00235. The van der Waals surface area contributed by atoms with Crippen molar-refractivity contribution >= 4 is 47.2 Å². The van der Waals surface area contributed by atoms with Gasteiger partial charge in [0.15, 0.2) is 0 Å². The summed E-state index contributed by atoms with van der Waals surface area (Å²) < 4.78 is 29.0. The first kappa shape index (κ1) is 25.3. The van der Waals surface area contributed by atoms with Crippen molar-refractivity contribution < 1.29 is 13.2 Å². The third-order valence-electron chi connectivity index (χ3n) is 5.92. The SMILES string of the molecule is C=C[C@H]1CN([C@@H](C)C#C[Si](C)(C)C)C(=O)[C@@H]2CCC[C@H]1N2S(=O)(=O)c1cc(Cl)cc(Cl)c1. The lowest BCUT2D eigenvalue weighted by atomic mass is 9.90. The minimum atomic E-state index is -4.01. The van der Waals surface area contributed by atoms with Gasteiger partial charge in [0.1, 0.15) is 14.1 Å². The molecule has 0 N–H and O–H groups in total. The molecule has 3 rings (SSSR count). The van der Waals surface area contributed by atoms with E-state index in [1.165, 1.54) is 22.5 Å². The number of hydrogen-bond acceptors (Lipinski definition) is 3. The Morgan fingerprint density at radius 2 is 1.81 bits per heavy atom. The third kappa shape index (κ3) is 5.26. The van der Waals surface area contributed by atoms with Gasteiger partial charge in [-0.05, 0) is 44.4 Å². The van der Waals surface area contributed by atoms with Crippen molar-refractivity contribution in [3.63, 3.8) is 0 Å². The van der Waals surface area contributed by atoms with Gasteiger partial charge in [-0.15, -0.1) is 12.1 Å². The van der Waals surface area contributed by atoms with E-state index in [2.05, 4.69) is 37.7 Å². The van der Waals surface area contributed by atoms with Gasteiger partial charge in [0.2, 0.25) is 15.9 Å². The van der Waals surface area contributed by atoms with Crippen molar-refractivity contribution in [3.05, 3.63) is 40.9 Å². The Labute approximate surface area is 202 Å². The molecule has 1 amide bonds. The second kappa shape index (κ2) is 9.52. The van der Waals surface area contributed by atoms with Crippen LogP contribution in [0.5, 0.6) is 0 Å². The van der Waals surface area contributed by atoms with Crippen LogP contribution in [0.1, 0.15) is 26.2 Å². The van der Waals surface area contributed by atoms with Gasteiger partial charge >= 0.3 is 0 Å². The molecule has 0 spiro atoms. The predicted molar refractivity (Wildman–Crippen MR) is 133 cm³/mol. The monoisotopic (exact) mass is 512 g/mol. The van der Waals surface area contributed by atoms with E-state index >= 15 is 0 Å². The van der Waals surface area contributed by atoms with Crippen LogP contribution < -0.4 is 0 Å². The molecule has 2 fully saturated rings. The summed E-state index contributed by atoms with van der Waals surface area (Å²) in [5.41, 5.74) is 3.34. The van der Waals surface area contributed by atoms with Crippen molar-refractivity contribution in [2.45, 2.75) is 68.8 Å². The standard InChI is InChI=1S/C23H30Cl2N2O3SSi/c1-6-17-15-26(16(2)10-11-32(3,4)5)23(28)22-9-7-8-21(17)27(22)31(29,30)20-13-18(24)12-19(25)14-20/h6,12-14,16-17,21-22H,1,7-9,15H2,2-5H3/t16-,17-,21+,22-/m0/s1. The smallest absolute Gasteiger partial charge is 0.244 e. The number of rotatable bonds is 4. The van der Waals surface area contributed by atoms with Gasteiger partial charge in [0, 0.05) is 28.5 Å². The average molecular weight is 514 g/mol. The van der Waals surface area contributed by atoms with Gasteiger partial charge in [-0.1, -0.05) is 54.8 Å². The number of sulfonamides is 1. The normalized spacial score (nSPS) is 25.5. The zero-order valence-corrected chi connectivity index (χ0v) is 22.3. The highest BCUT2D eigenvalue weighted by Crippen LogP contribution is 2.38. The molecule has 32 heavy (non-hydrogen) atoms. The number of piperidine rings is 1. The van der Waals surface area contributed by atoms with Crippen molar-refractivity contribution in [2.24, 2.45) is 5.92 Å². The summed E-state index contributed by atoms with van der Waals surface area (Å²) in [5, 5.41) is 0.471. The van der Waals surface area contributed by atoms with Crippen LogP contribution in [-0.2, 0) is 14.8 Å². The number of amides is 1. The highest BCUT2D eigenvalue weighted by atomic mass is 35.5. The molecule has 9 heteroatoms. The maximum absolute atomic E-state index is 13.8. The molecule has 2 heterocycles. The zero-order chi connectivity index (χ0) is 23.8. The molecule has 0 aromatic heterocycles. The van der Waals surface area contributed by atoms with E-state index in [4.69, 9.17) is 23.2 Å². The average Bonchev–Trinajstić information content (AvgIpc) is 2.77. The van der Waals surface area contributed by atoms with E-state index in [0.29, 0.717) is 19.4 Å². The van der Waals surface area contributed by atoms with Gasteiger partial charge in [0.05, 0.1) is 10.9 Å². The molecule has 0 unspecified atom stereocenters. The molecule has 5 nitrogen and oxygen atoms in total. The summed E-state index contributed by atoms with van der Waals surface area (Å²) in [7, 11) is -5.63. The number of halogens is 2. The molecule has 0 saturated carbocycles. The second-order valence-electron chi connectivity index (χ2n) is 9.54. The number of carbonyl (C=O) groups excluding carboxylic acids is 1. The molecule has 1 aromatic carbocycles. The van der Waals surface area contributed by atoms with Gasteiger partial charge < -0.3 is 4.90 Å². The molecule has 174 valence electrons. The maximum atomic E-state index is 13.8. The van der Waals surface area contributed by atoms with Gasteiger partial charge in [-0.3, -0.25) is 4.79 Å². The molecule has 1 aromatic rings. The molecular formula is C23H30Cl2N2O3SSi. The van der Waals surface area contributed by atoms with Gasteiger partial charge in [0.25, 0.3) is 0 Å². The molecule has 4 atom stereocenters. The van der Waals surface area contributed by atoms with E-state index in [1.54, 1.807) is 11.0 Å². The zero-order valence-electron chi connectivity index (χ0n) is 18.9. The Morgan fingerprint density at radius 1 is 1.19 bits per heavy atom. The Bertz CT molecular complexity index is 1050. The van der Waals surface area contributed by atoms with Crippen molar-refractivity contribution in [3.8, 4) is 11.5 Å². The summed E-state index contributed by atoms with van der Waals surface area (Å²) in [6.45, 7) is 12.7. The fraction of sp³-hybridized carbons (Fsp3) is 0.522. The first-order chi connectivity index (χ1) is 14.8. The first-order valence-electron chi connectivity index (χ1n) is 10.8. The lowest BCUT2D eigenvalue weighted by Crippen LogP contribution is -2.55. The van der Waals surface area contributed by atoms with E-state index in [0.717, 1.165) is 6.42 Å². The maximum Gasteiger partial charge on any atom is 0.244 e. The summed E-state index contributed by atoms with van der Waals surface area (Å²) >= 11 is 12.2. The van der Waals surface area contributed by atoms with Crippen LogP contribution in [0.2, 0.25) is 29.7 Å². The molecule has 0 aliphatic carbocycles. The highest BCUT2D eigenvalue weighted by molar-refractivity contribution is 7.89. The molecule has 2 aliphatic heterocycles. The van der Waals surface area contributed by atoms with Crippen molar-refractivity contribution in [1.29, 1.82) is 0 Å². The molecule has 2 aliphatic rings. The number of hydrogen-bond donors (Lipinski definition) is 0. The van der Waals surface area contributed by atoms with Crippen LogP contribution in [-0.4, -0.2) is 56.3 Å². The Hall–Kier alpha value is -1.30. The molecule has 0 radical (unpaired) electrons. The van der Waals surface area contributed by atoms with Crippen molar-refractivity contribution in [1.82, 2.24) is 9.21 Å². The van der Waals surface area contributed by atoms with Crippen LogP contribution in [0.4, 0.5) is 0 Å². The van der Waals surface area contributed by atoms with E-state index < -0.39 is 24.1 Å². The number of fused-ring (bicyclic) bond motifs is 2. The summed E-state index contributed by atoms with van der Waals surface area (Å²) in [6, 6.07) is 2.82. The highest BCUT2D eigenvalue weighted by Gasteiger charge is 2.50. The van der Waals surface area contributed by atoms with Crippen LogP contribution in [0.3, 0.4) is 0 Å². The summed E-state index contributed by atoms with van der Waals surface area (Å²) in [4.78, 5) is 15.4. The van der Waals surface area contributed by atoms with Crippen LogP contribution in [0.15, 0.2) is 35.7 Å².